The van der Waals surface area contributed by atoms with Gasteiger partial charge in [0.2, 0.25) is 0 Å². The van der Waals surface area contributed by atoms with E-state index in [2.05, 4.69) is 5.32 Å². The predicted octanol–water partition coefficient (Wildman–Crippen LogP) is 6.67. The second-order valence-corrected chi connectivity index (χ2v) is 9.96. The van der Waals surface area contributed by atoms with E-state index in [0.717, 1.165) is 49.4 Å². The standard InChI is InChI=1S/C30H24F3N3O4/c31-30(32,33)24-17-27(37)40-26-16-19(12-13-22(24)26)34-28(38)18-11-14-25-23(15-18)29(39)36(21-9-5-2-6-10-21)35(25)20-7-3-1-4-8-20/h2,5-6,9-17,20H,1,3-4,7-8H2,(H,34,38). The Hall–Kier alpha value is -4.60. The van der Waals surface area contributed by atoms with Gasteiger partial charge in [-0.15, -0.1) is 0 Å². The minimum Gasteiger partial charge on any atom is -0.423 e. The number of halogens is 3. The van der Waals surface area contributed by atoms with Crippen molar-refractivity contribution in [3.63, 3.8) is 0 Å². The number of hydrogen-bond donors (Lipinski definition) is 1. The Morgan fingerprint density at radius 3 is 2.35 bits per heavy atom. The second kappa shape index (κ2) is 9.86. The van der Waals surface area contributed by atoms with Crippen LogP contribution in [0, 0.1) is 0 Å². The van der Waals surface area contributed by atoms with Crippen molar-refractivity contribution in [3.05, 3.63) is 105 Å². The molecule has 0 spiro atoms. The van der Waals surface area contributed by atoms with Crippen LogP contribution in [0.4, 0.5) is 18.9 Å². The molecule has 1 aliphatic rings. The van der Waals surface area contributed by atoms with Crippen LogP contribution in [-0.2, 0) is 6.18 Å². The average molecular weight is 548 g/mol. The van der Waals surface area contributed by atoms with Crippen LogP contribution in [0.15, 0.2) is 86.8 Å². The number of carbonyl (C=O) groups is 1. The fourth-order valence-corrected chi connectivity index (χ4v) is 5.54. The maximum absolute atomic E-state index is 13.7. The molecule has 1 amide bonds. The van der Waals surface area contributed by atoms with Crippen molar-refractivity contribution in [1.29, 1.82) is 0 Å². The number of carbonyl (C=O) groups excluding carboxylic acids is 1. The van der Waals surface area contributed by atoms with E-state index >= 15 is 0 Å². The first kappa shape index (κ1) is 25.7. The van der Waals surface area contributed by atoms with Crippen molar-refractivity contribution in [2.75, 3.05) is 5.32 Å². The lowest BCUT2D eigenvalue weighted by Gasteiger charge is -2.26. The minimum atomic E-state index is -4.74. The minimum absolute atomic E-state index is 0.140. The quantitative estimate of drug-likeness (QED) is 0.255. The van der Waals surface area contributed by atoms with Crippen molar-refractivity contribution in [2.45, 2.75) is 44.3 Å². The van der Waals surface area contributed by atoms with Crippen LogP contribution in [0.3, 0.4) is 0 Å². The molecule has 1 aliphatic carbocycles. The zero-order chi connectivity index (χ0) is 28.0. The third-order valence-electron chi connectivity index (χ3n) is 7.37. The average Bonchev–Trinajstić information content (AvgIpc) is 3.24. The lowest BCUT2D eigenvalue weighted by atomic mass is 9.95. The van der Waals surface area contributed by atoms with Gasteiger partial charge in [0.15, 0.2) is 0 Å². The number of rotatable bonds is 4. The van der Waals surface area contributed by atoms with Crippen molar-refractivity contribution in [1.82, 2.24) is 9.36 Å². The van der Waals surface area contributed by atoms with E-state index in [0.29, 0.717) is 11.5 Å². The summed E-state index contributed by atoms with van der Waals surface area (Å²) in [6, 6.07) is 18.4. The molecular formula is C30H24F3N3O4. The summed E-state index contributed by atoms with van der Waals surface area (Å²) < 4.78 is 48.8. The number of aromatic nitrogens is 2. The van der Waals surface area contributed by atoms with E-state index in [1.807, 2.05) is 35.0 Å². The number of nitrogens with one attached hydrogen (secondary N) is 1. The highest BCUT2D eigenvalue weighted by Crippen LogP contribution is 2.35. The zero-order valence-electron chi connectivity index (χ0n) is 21.2. The molecule has 204 valence electrons. The van der Waals surface area contributed by atoms with Gasteiger partial charge in [0.05, 0.1) is 28.2 Å². The fraction of sp³-hybridized carbons (Fsp3) is 0.233. The Bertz CT molecular complexity index is 1860. The molecule has 0 bridgehead atoms. The molecule has 2 heterocycles. The highest BCUT2D eigenvalue weighted by atomic mass is 19.4. The first-order valence-corrected chi connectivity index (χ1v) is 13.0. The Kier molecular flexibility index (Phi) is 6.32. The van der Waals surface area contributed by atoms with Crippen molar-refractivity contribution < 1.29 is 22.4 Å². The molecule has 7 nitrogen and oxygen atoms in total. The molecular weight excluding hydrogens is 523 g/mol. The summed E-state index contributed by atoms with van der Waals surface area (Å²) >= 11 is 0. The summed E-state index contributed by atoms with van der Waals surface area (Å²) in [4.78, 5) is 38.6. The van der Waals surface area contributed by atoms with Gasteiger partial charge in [0.1, 0.15) is 5.58 Å². The zero-order valence-corrected chi connectivity index (χ0v) is 21.2. The molecule has 10 heteroatoms. The molecule has 40 heavy (non-hydrogen) atoms. The van der Waals surface area contributed by atoms with E-state index in [-0.39, 0.29) is 33.8 Å². The van der Waals surface area contributed by atoms with Gasteiger partial charge in [-0.3, -0.25) is 14.3 Å². The molecule has 2 aromatic heterocycles. The Morgan fingerprint density at radius 2 is 1.62 bits per heavy atom. The summed E-state index contributed by atoms with van der Waals surface area (Å²) in [6.07, 6.45) is 0.466. The van der Waals surface area contributed by atoms with Crippen LogP contribution >= 0.6 is 0 Å². The molecule has 0 radical (unpaired) electrons. The van der Waals surface area contributed by atoms with Gasteiger partial charge in [-0.1, -0.05) is 37.5 Å². The van der Waals surface area contributed by atoms with E-state index < -0.39 is 23.3 Å². The van der Waals surface area contributed by atoms with Crippen molar-refractivity contribution in [2.24, 2.45) is 0 Å². The van der Waals surface area contributed by atoms with E-state index in [9.17, 15) is 27.6 Å². The van der Waals surface area contributed by atoms with Gasteiger partial charge in [-0.2, -0.15) is 13.2 Å². The number of anilines is 1. The van der Waals surface area contributed by atoms with E-state index in [4.69, 9.17) is 4.42 Å². The maximum Gasteiger partial charge on any atom is 0.417 e. The first-order chi connectivity index (χ1) is 19.2. The van der Waals surface area contributed by atoms with Crippen molar-refractivity contribution >= 4 is 33.5 Å². The molecule has 5 aromatic rings. The van der Waals surface area contributed by atoms with Crippen LogP contribution in [0.1, 0.15) is 54.1 Å². The Morgan fingerprint density at radius 1 is 0.875 bits per heavy atom. The lowest BCUT2D eigenvalue weighted by Crippen LogP contribution is -2.25. The molecule has 6 rings (SSSR count). The van der Waals surface area contributed by atoms with E-state index in [1.54, 1.807) is 16.8 Å². The summed E-state index contributed by atoms with van der Waals surface area (Å²) in [7, 11) is 0. The molecule has 1 fully saturated rings. The Labute approximate surface area is 225 Å². The highest BCUT2D eigenvalue weighted by Gasteiger charge is 2.34. The van der Waals surface area contributed by atoms with Crippen LogP contribution in [-0.4, -0.2) is 15.3 Å². The number of nitrogens with zero attached hydrogens (tertiary/aromatic N) is 2. The van der Waals surface area contributed by atoms with Gasteiger partial charge >= 0.3 is 11.8 Å². The smallest absolute Gasteiger partial charge is 0.417 e. The number of amides is 1. The third-order valence-corrected chi connectivity index (χ3v) is 7.37. The number of benzene rings is 3. The van der Waals surface area contributed by atoms with Gasteiger partial charge in [-0.05, 0) is 55.3 Å². The molecule has 0 atom stereocenters. The molecule has 0 aliphatic heterocycles. The molecule has 0 saturated heterocycles. The largest absolute Gasteiger partial charge is 0.423 e. The third kappa shape index (κ3) is 4.59. The van der Waals surface area contributed by atoms with Gasteiger partial charge in [-0.25, -0.2) is 9.48 Å². The van der Waals surface area contributed by atoms with Gasteiger partial charge < -0.3 is 9.73 Å². The van der Waals surface area contributed by atoms with Crippen LogP contribution < -0.4 is 16.5 Å². The lowest BCUT2D eigenvalue weighted by molar-refractivity contribution is -0.136. The second-order valence-electron chi connectivity index (χ2n) is 9.96. The SMILES string of the molecule is O=C(Nc1ccc2c(C(F)(F)F)cc(=O)oc2c1)c1ccc2c(c1)c(=O)n(-c1ccccc1)n2C1CCCCC1. The number of fused-ring (bicyclic) bond motifs is 2. The Balaban J connectivity index is 1.39. The van der Waals surface area contributed by atoms with E-state index in [1.165, 1.54) is 18.2 Å². The topological polar surface area (TPSA) is 86.2 Å². The number of hydrogen-bond acceptors (Lipinski definition) is 4. The summed E-state index contributed by atoms with van der Waals surface area (Å²) in [5, 5.41) is 2.73. The van der Waals surface area contributed by atoms with Gasteiger partial charge in [0, 0.05) is 28.8 Å². The molecule has 1 saturated carbocycles. The van der Waals surface area contributed by atoms with Crippen LogP contribution in [0.2, 0.25) is 0 Å². The first-order valence-electron chi connectivity index (χ1n) is 13.0. The van der Waals surface area contributed by atoms with Crippen LogP contribution in [0.5, 0.6) is 0 Å². The molecule has 1 N–H and O–H groups in total. The highest BCUT2D eigenvalue weighted by molar-refractivity contribution is 6.07. The monoisotopic (exact) mass is 547 g/mol. The van der Waals surface area contributed by atoms with Crippen molar-refractivity contribution in [3.8, 4) is 5.69 Å². The maximum atomic E-state index is 13.7. The van der Waals surface area contributed by atoms with Crippen LogP contribution in [0.25, 0.3) is 27.6 Å². The molecule has 0 unspecified atom stereocenters. The number of para-hydroxylation sites is 1. The normalized spacial score (nSPS) is 14.6. The fourth-order valence-electron chi connectivity index (χ4n) is 5.54. The summed E-state index contributed by atoms with van der Waals surface area (Å²) in [5.74, 6) is -0.563. The number of alkyl halides is 3. The predicted molar refractivity (Wildman–Crippen MR) is 145 cm³/mol. The summed E-state index contributed by atoms with van der Waals surface area (Å²) in [6.45, 7) is 0. The summed E-state index contributed by atoms with van der Waals surface area (Å²) in [5.41, 5.74) is -1.000. The molecule has 3 aromatic carbocycles. The van der Waals surface area contributed by atoms with Gasteiger partial charge in [0.25, 0.3) is 11.5 Å².